The van der Waals surface area contributed by atoms with Gasteiger partial charge in [-0.05, 0) is 54.4 Å². The first kappa shape index (κ1) is 23.8. The molecule has 7 heteroatoms. The van der Waals surface area contributed by atoms with Crippen molar-refractivity contribution in [2.45, 2.75) is 51.0 Å². The molecule has 0 heterocycles. The molecule has 0 aromatic heterocycles. The molecule has 0 bridgehead atoms. The largest absolute Gasteiger partial charge is 0.481 e. The van der Waals surface area contributed by atoms with Gasteiger partial charge in [-0.2, -0.15) is 0 Å². The topological polar surface area (TPSA) is 95.9 Å². The zero-order chi connectivity index (χ0) is 24.3. The quantitative estimate of drug-likeness (QED) is 0.543. The SMILES string of the molecule is CCC(C)(NC(=O)OCC1c2ccccc2-c2ccccc21)C(=O)N(CCC(=O)O)CC1CC1. The molecule has 2 aliphatic rings. The van der Waals surface area contributed by atoms with Gasteiger partial charge in [0.2, 0.25) is 5.91 Å². The third kappa shape index (κ3) is 5.08. The van der Waals surface area contributed by atoms with Gasteiger partial charge in [-0.15, -0.1) is 0 Å². The molecule has 1 saturated carbocycles. The van der Waals surface area contributed by atoms with Gasteiger partial charge in [-0.3, -0.25) is 9.59 Å². The van der Waals surface area contributed by atoms with E-state index in [0.29, 0.717) is 18.9 Å². The molecule has 0 saturated heterocycles. The Bertz CT molecular complexity index is 1030. The summed E-state index contributed by atoms with van der Waals surface area (Å²) in [4.78, 5) is 38.9. The maximum absolute atomic E-state index is 13.4. The van der Waals surface area contributed by atoms with Gasteiger partial charge in [0.05, 0.1) is 6.42 Å². The van der Waals surface area contributed by atoms with Gasteiger partial charge in [-0.25, -0.2) is 4.79 Å². The first-order chi connectivity index (χ1) is 16.3. The Kier molecular flexibility index (Phi) is 6.91. The number of carbonyl (C=O) groups is 3. The standard InChI is InChI=1S/C27H32N2O5/c1-3-27(2,25(32)29(15-14-24(30)31)16-18-12-13-18)28-26(33)34-17-23-21-10-6-4-8-19(21)20-9-5-7-11-22(20)23/h4-11,18,23H,3,12-17H2,1-2H3,(H,28,33)(H,30,31). The first-order valence-electron chi connectivity index (χ1n) is 12.0. The van der Waals surface area contributed by atoms with Crippen molar-refractivity contribution >= 4 is 18.0 Å². The fourth-order valence-electron chi connectivity index (χ4n) is 4.62. The van der Waals surface area contributed by atoms with Crippen LogP contribution in [-0.2, 0) is 14.3 Å². The number of carbonyl (C=O) groups excluding carboxylic acids is 2. The lowest BCUT2D eigenvalue weighted by Crippen LogP contribution is -2.58. The maximum Gasteiger partial charge on any atom is 0.408 e. The van der Waals surface area contributed by atoms with Gasteiger partial charge in [0.1, 0.15) is 12.1 Å². The lowest BCUT2D eigenvalue weighted by molar-refractivity contribution is -0.141. The molecular weight excluding hydrogens is 432 g/mol. The highest BCUT2D eigenvalue weighted by Crippen LogP contribution is 2.44. The lowest BCUT2D eigenvalue weighted by atomic mass is 9.96. The number of carboxylic acid groups (broad SMARTS) is 1. The molecule has 2 aromatic rings. The van der Waals surface area contributed by atoms with Crippen molar-refractivity contribution < 1.29 is 24.2 Å². The van der Waals surface area contributed by atoms with Crippen molar-refractivity contribution in [1.82, 2.24) is 10.2 Å². The van der Waals surface area contributed by atoms with E-state index in [-0.39, 0.29) is 31.4 Å². The molecule has 1 atom stereocenters. The summed E-state index contributed by atoms with van der Waals surface area (Å²) >= 11 is 0. The highest BCUT2D eigenvalue weighted by Gasteiger charge is 2.39. The van der Waals surface area contributed by atoms with Gasteiger partial charge in [0, 0.05) is 19.0 Å². The molecule has 2 amide bonds. The Morgan fingerprint density at radius 2 is 1.65 bits per heavy atom. The average molecular weight is 465 g/mol. The fourth-order valence-corrected chi connectivity index (χ4v) is 4.62. The zero-order valence-electron chi connectivity index (χ0n) is 19.8. The van der Waals surface area contributed by atoms with Gasteiger partial charge in [0.25, 0.3) is 0 Å². The molecule has 0 spiro atoms. The van der Waals surface area contributed by atoms with E-state index >= 15 is 0 Å². The molecule has 7 nitrogen and oxygen atoms in total. The van der Waals surface area contributed by atoms with Crippen LogP contribution in [0.3, 0.4) is 0 Å². The van der Waals surface area contributed by atoms with Crippen molar-refractivity contribution in [2.75, 3.05) is 19.7 Å². The Morgan fingerprint density at radius 3 is 2.18 bits per heavy atom. The van der Waals surface area contributed by atoms with Gasteiger partial charge >= 0.3 is 12.1 Å². The summed E-state index contributed by atoms with van der Waals surface area (Å²) in [5.41, 5.74) is 3.37. The van der Waals surface area contributed by atoms with Crippen molar-refractivity contribution in [1.29, 1.82) is 0 Å². The fraction of sp³-hybridized carbons (Fsp3) is 0.444. The molecule has 1 fully saturated rings. The van der Waals surface area contributed by atoms with E-state index in [2.05, 4.69) is 29.6 Å². The van der Waals surface area contributed by atoms with Crippen molar-refractivity contribution in [3.63, 3.8) is 0 Å². The lowest BCUT2D eigenvalue weighted by Gasteiger charge is -2.34. The van der Waals surface area contributed by atoms with Crippen LogP contribution >= 0.6 is 0 Å². The van der Waals surface area contributed by atoms with E-state index < -0.39 is 17.6 Å². The summed E-state index contributed by atoms with van der Waals surface area (Å²) in [7, 11) is 0. The Balaban J connectivity index is 1.42. The second kappa shape index (κ2) is 9.87. The second-order valence-electron chi connectivity index (χ2n) is 9.47. The number of benzene rings is 2. The van der Waals surface area contributed by atoms with Crippen molar-refractivity contribution in [2.24, 2.45) is 5.92 Å². The van der Waals surface area contributed by atoms with Crippen LogP contribution in [-0.4, -0.2) is 53.2 Å². The summed E-state index contributed by atoms with van der Waals surface area (Å²) in [5.74, 6) is -0.870. The van der Waals surface area contributed by atoms with Crippen LogP contribution in [0.1, 0.15) is 56.6 Å². The highest BCUT2D eigenvalue weighted by atomic mass is 16.5. The average Bonchev–Trinajstić information content (AvgIpc) is 3.60. The second-order valence-corrected chi connectivity index (χ2v) is 9.47. The minimum absolute atomic E-state index is 0.0661. The number of alkyl carbamates (subject to hydrolysis) is 1. The number of ether oxygens (including phenoxy) is 1. The van der Waals surface area contributed by atoms with E-state index in [1.165, 1.54) is 0 Å². The van der Waals surface area contributed by atoms with Crippen LogP contribution in [0.25, 0.3) is 11.1 Å². The summed E-state index contributed by atoms with van der Waals surface area (Å²) < 4.78 is 5.64. The summed E-state index contributed by atoms with van der Waals surface area (Å²) in [6.45, 7) is 4.32. The van der Waals surface area contributed by atoms with Crippen LogP contribution in [0, 0.1) is 5.92 Å². The number of fused-ring (bicyclic) bond motifs is 3. The van der Waals surface area contributed by atoms with Crippen molar-refractivity contribution in [3.05, 3.63) is 59.7 Å². The van der Waals surface area contributed by atoms with Crippen LogP contribution < -0.4 is 5.32 Å². The Morgan fingerprint density at radius 1 is 1.06 bits per heavy atom. The van der Waals surface area contributed by atoms with Crippen LogP contribution in [0.4, 0.5) is 4.79 Å². The summed E-state index contributed by atoms with van der Waals surface area (Å²) in [6, 6.07) is 16.2. The number of nitrogens with zero attached hydrogens (tertiary/aromatic N) is 1. The zero-order valence-corrected chi connectivity index (χ0v) is 19.8. The molecule has 2 aromatic carbocycles. The molecule has 0 aliphatic heterocycles. The minimum atomic E-state index is -1.17. The maximum atomic E-state index is 13.4. The van der Waals surface area contributed by atoms with Gasteiger partial charge in [-0.1, -0.05) is 55.5 Å². The number of aliphatic carboxylic acids is 1. The molecular formula is C27H32N2O5. The normalized spacial score (nSPS) is 16.2. The number of carboxylic acids is 1. The minimum Gasteiger partial charge on any atom is -0.481 e. The summed E-state index contributed by atoms with van der Waals surface area (Å²) in [6.07, 6.45) is 1.68. The van der Waals surface area contributed by atoms with E-state index in [1.807, 2.05) is 31.2 Å². The number of hydrogen-bond acceptors (Lipinski definition) is 4. The summed E-state index contributed by atoms with van der Waals surface area (Å²) in [5, 5.41) is 11.9. The van der Waals surface area contributed by atoms with Crippen LogP contribution in [0.5, 0.6) is 0 Å². The molecule has 2 aliphatic carbocycles. The Hall–Kier alpha value is -3.35. The molecule has 0 radical (unpaired) electrons. The predicted molar refractivity (Wildman–Crippen MR) is 128 cm³/mol. The number of rotatable bonds is 10. The predicted octanol–water partition coefficient (Wildman–Crippen LogP) is 4.41. The van der Waals surface area contributed by atoms with E-state index in [9.17, 15) is 14.4 Å². The molecule has 180 valence electrons. The van der Waals surface area contributed by atoms with Gasteiger partial charge in [0.15, 0.2) is 0 Å². The monoisotopic (exact) mass is 464 g/mol. The number of hydrogen-bond donors (Lipinski definition) is 2. The van der Waals surface area contributed by atoms with Crippen molar-refractivity contribution in [3.8, 4) is 11.1 Å². The Labute approximate surface area is 200 Å². The van der Waals surface area contributed by atoms with E-state index in [1.54, 1.807) is 11.8 Å². The molecule has 2 N–H and O–H groups in total. The molecule has 34 heavy (non-hydrogen) atoms. The number of nitrogens with one attached hydrogen (secondary N) is 1. The smallest absolute Gasteiger partial charge is 0.408 e. The van der Waals surface area contributed by atoms with Gasteiger partial charge < -0.3 is 20.1 Å². The highest BCUT2D eigenvalue weighted by molar-refractivity contribution is 5.90. The van der Waals surface area contributed by atoms with E-state index in [4.69, 9.17) is 9.84 Å². The van der Waals surface area contributed by atoms with Crippen LogP contribution in [0.15, 0.2) is 48.5 Å². The molecule has 4 rings (SSSR count). The number of amides is 2. The third-order valence-corrected chi connectivity index (χ3v) is 6.96. The third-order valence-electron chi connectivity index (χ3n) is 6.96. The first-order valence-corrected chi connectivity index (χ1v) is 12.0. The van der Waals surface area contributed by atoms with E-state index in [0.717, 1.165) is 35.1 Å². The van der Waals surface area contributed by atoms with Crippen LogP contribution in [0.2, 0.25) is 0 Å². The molecule has 1 unspecified atom stereocenters.